The molecule has 0 bridgehead atoms. The Morgan fingerprint density at radius 2 is 1.86 bits per heavy atom. The molecule has 0 amide bonds. The molecule has 0 heterocycles. The van der Waals surface area contributed by atoms with Crippen molar-refractivity contribution in [2.24, 2.45) is 5.41 Å². The van der Waals surface area contributed by atoms with Crippen LogP contribution in [0.2, 0.25) is 0 Å². The molecule has 1 aromatic rings. The van der Waals surface area contributed by atoms with Crippen LogP contribution in [0, 0.1) is 21.3 Å². The van der Waals surface area contributed by atoms with Crippen molar-refractivity contribution in [2.75, 3.05) is 5.32 Å². The molecule has 2 aliphatic rings. The fourth-order valence-corrected chi connectivity index (χ4v) is 3.98. The van der Waals surface area contributed by atoms with E-state index in [0.29, 0.717) is 17.1 Å². The van der Waals surface area contributed by atoms with Crippen LogP contribution in [0.4, 0.5) is 15.8 Å². The Balaban J connectivity index is 1.63. The summed E-state index contributed by atoms with van der Waals surface area (Å²) in [4.78, 5) is 10.1. The van der Waals surface area contributed by atoms with E-state index >= 15 is 0 Å². The molecule has 0 unspecified atom stereocenters. The van der Waals surface area contributed by atoms with Crippen molar-refractivity contribution in [1.82, 2.24) is 0 Å². The fraction of sp³-hybridized carbons (Fsp3) is 0.625. The molecule has 114 valence electrons. The van der Waals surface area contributed by atoms with E-state index < -0.39 is 16.4 Å². The molecule has 2 fully saturated rings. The minimum absolute atomic E-state index is 0.348. The highest BCUT2D eigenvalue weighted by Gasteiger charge is 2.37. The molecule has 1 N–H and O–H groups in total. The van der Waals surface area contributed by atoms with Crippen molar-refractivity contribution in [3.63, 3.8) is 0 Å². The summed E-state index contributed by atoms with van der Waals surface area (Å²) in [5.74, 6) is -0.779. The highest BCUT2D eigenvalue weighted by Crippen LogP contribution is 2.49. The van der Waals surface area contributed by atoms with Gasteiger partial charge in [-0.1, -0.05) is 12.8 Å². The number of hydrogen-bond donors (Lipinski definition) is 1. The van der Waals surface area contributed by atoms with Gasteiger partial charge >= 0.3 is 5.69 Å². The Labute approximate surface area is 123 Å². The van der Waals surface area contributed by atoms with Gasteiger partial charge in [0.15, 0.2) is 0 Å². The fourth-order valence-electron chi connectivity index (χ4n) is 3.98. The van der Waals surface area contributed by atoms with Crippen LogP contribution in [-0.4, -0.2) is 11.0 Å². The van der Waals surface area contributed by atoms with Crippen molar-refractivity contribution in [3.8, 4) is 0 Å². The molecule has 3 rings (SSSR count). The lowest BCUT2D eigenvalue weighted by Gasteiger charge is -2.37. The summed E-state index contributed by atoms with van der Waals surface area (Å²) in [6.45, 7) is 0. The van der Waals surface area contributed by atoms with Crippen molar-refractivity contribution >= 4 is 11.4 Å². The van der Waals surface area contributed by atoms with Crippen LogP contribution < -0.4 is 5.32 Å². The lowest BCUT2D eigenvalue weighted by molar-refractivity contribution is -0.387. The Morgan fingerprint density at radius 3 is 2.48 bits per heavy atom. The van der Waals surface area contributed by atoms with E-state index in [0.717, 1.165) is 12.8 Å². The molecule has 0 atom stereocenters. The maximum absolute atomic E-state index is 13.3. The molecule has 4 nitrogen and oxygen atoms in total. The van der Waals surface area contributed by atoms with Crippen LogP contribution in [0.5, 0.6) is 0 Å². The Morgan fingerprint density at radius 1 is 1.19 bits per heavy atom. The third kappa shape index (κ3) is 3.01. The summed E-state index contributed by atoms with van der Waals surface area (Å²) in [5.41, 5.74) is 0.769. The predicted molar refractivity (Wildman–Crippen MR) is 79.8 cm³/mol. The number of halogens is 1. The summed E-state index contributed by atoms with van der Waals surface area (Å²) in [5, 5.41) is 14.1. The molecule has 21 heavy (non-hydrogen) atoms. The first-order chi connectivity index (χ1) is 10.1. The minimum Gasteiger partial charge on any atom is -0.382 e. The number of benzene rings is 1. The molecule has 1 aromatic carbocycles. The van der Waals surface area contributed by atoms with Gasteiger partial charge in [-0.3, -0.25) is 10.1 Å². The van der Waals surface area contributed by atoms with E-state index in [1.165, 1.54) is 50.7 Å². The smallest absolute Gasteiger partial charge is 0.306 e. The van der Waals surface area contributed by atoms with Crippen LogP contribution in [0.1, 0.15) is 51.4 Å². The van der Waals surface area contributed by atoms with Crippen LogP contribution >= 0.6 is 0 Å². The topological polar surface area (TPSA) is 55.2 Å². The van der Waals surface area contributed by atoms with Gasteiger partial charge in [0, 0.05) is 17.8 Å². The summed E-state index contributed by atoms with van der Waals surface area (Å²) in [6, 6.07) is 4.40. The number of nitro groups is 1. The first-order valence-electron chi connectivity index (χ1n) is 7.79. The van der Waals surface area contributed by atoms with Gasteiger partial charge < -0.3 is 5.32 Å². The monoisotopic (exact) mass is 292 g/mol. The van der Waals surface area contributed by atoms with E-state index in [-0.39, 0.29) is 0 Å². The van der Waals surface area contributed by atoms with Gasteiger partial charge in [-0.05, 0) is 56.1 Å². The predicted octanol–water partition coefficient (Wildman–Crippen LogP) is 4.65. The van der Waals surface area contributed by atoms with Crippen LogP contribution in [0.25, 0.3) is 0 Å². The number of hydrogen-bond acceptors (Lipinski definition) is 3. The number of anilines is 1. The zero-order valence-corrected chi connectivity index (χ0v) is 12.1. The number of nitrogens with one attached hydrogen (secondary N) is 1. The SMILES string of the molecule is O=[N+]([O-])c1cc(NC2CCC3(CCCC3)CC2)ccc1F. The molecule has 2 aliphatic carbocycles. The quantitative estimate of drug-likeness (QED) is 0.651. The standard InChI is InChI=1S/C16H21FN2O2/c17-14-4-3-13(11-15(14)19(20)21)18-12-5-9-16(10-6-12)7-1-2-8-16/h3-4,11-12,18H,1-2,5-10H2. The third-order valence-electron chi connectivity index (χ3n) is 5.22. The minimum atomic E-state index is -0.779. The van der Waals surface area contributed by atoms with Crippen molar-refractivity contribution in [2.45, 2.75) is 57.4 Å². The molecule has 0 aromatic heterocycles. The second-order valence-corrected chi connectivity index (χ2v) is 6.55. The average molecular weight is 292 g/mol. The second kappa shape index (κ2) is 5.62. The molecule has 1 spiro atoms. The maximum atomic E-state index is 13.3. The second-order valence-electron chi connectivity index (χ2n) is 6.55. The average Bonchev–Trinajstić information content (AvgIpc) is 2.92. The van der Waals surface area contributed by atoms with E-state index in [1.54, 1.807) is 6.07 Å². The molecular formula is C16H21FN2O2. The Kier molecular flexibility index (Phi) is 3.83. The maximum Gasteiger partial charge on any atom is 0.306 e. The summed E-state index contributed by atoms with van der Waals surface area (Å²) in [6.07, 6.45) is 10.1. The van der Waals surface area contributed by atoms with Gasteiger partial charge in [-0.25, -0.2) is 0 Å². The van der Waals surface area contributed by atoms with Crippen LogP contribution in [0.3, 0.4) is 0 Å². The molecule has 0 radical (unpaired) electrons. The lowest BCUT2D eigenvalue weighted by atomic mass is 9.71. The number of nitro benzene ring substituents is 1. The Bertz CT molecular complexity index is 531. The van der Waals surface area contributed by atoms with Crippen molar-refractivity contribution in [3.05, 3.63) is 34.1 Å². The van der Waals surface area contributed by atoms with Gasteiger partial charge in [0.1, 0.15) is 0 Å². The normalized spacial score (nSPS) is 21.6. The van der Waals surface area contributed by atoms with Gasteiger partial charge in [-0.2, -0.15) is 4.39 Å². The first kappa shape index (κ1) is 14.3. The van der Waals surface area contributed by atoms with Crippen LogP contribution in [0.15, 0.2) is 18.2 Å². The van der Waals surface area contributed by atoms with E-state index in [4.69, 9.17) is 0 Å². The largest absolute Gasteiger partial charge is 0.382 e. The van der Waals surface area contributed by atoms with E-state index in [1.807, 2.05) is 0 Å². The van der Waals surface area contributed by atoms with Gasteiger partial charge in [-0.15, -0.1) is 0 Å². The van der Waals surface area contributed by atoms with E-state index in [9.17, 15) is 14.5 Å². The molecule has 2 saturated carbocycles. The van der Waals surface area contributed by atoms with Crippen molar-refractivity contribution in [1.29, 1.82) is 0 Å². The molecule has 0 saturated heterocycles. The third-order valence-corrected chi connectivity index (χ3v) is 5.22. The molecular weight excluding hydrogens is 271 g/mol. The zero-order valence-electron chi connectivity index (χ0n) is 12.1. The van der Waals surface area contributed by atoms with Gasteiger partial charge in [0.05, 0.1) is 4.92 Å². The van der Waals surface area contributed by atoms with Crippen molar-refractivity contribution < 1.29 is 9.31 Å². The highest BCUT2D eigenvalue weighted by atomic mass is 19.1. The lowest BCUT2D eigenvalue weighted by Crippen LogP contribution is -2.31. The number of nitrogens with zero attached hydrogens (tertiary/aromatic N) is 1. The van der Waals surface area contributed by atoms with Gasteiger partial charge in [0.2, 0.25) is 5.82 Å². The zero-order chi connectivity index (χ0) is 14.9. The summed E-state index contributed by atoms with van der Waals surface area (Å²) in [7, 11) is 0. The van der Waals surface area contributed by atoms with Gasteiger partial charge in [0.25, 0.3) is 0 Å². The highest BCUT2D eigenvalue weighted by molar-refractivity contribution is 5.52. The number of rotatable bonds is 3. The molecule has 5 heteroatoms. The summed E-state index contributed by atoms with van der Waals surface area (Å²) < 4.78 is 13.3. The first-order valence-corrected chi connectivity index (χ1v) is 7.79. The summed E-state index contributed by atoms with van der Waals surface area (Å²) >= 11 is 0. The van der Waals surface area contributed by atoms with Crippen LogP contribution in [-0.2, 0) is 0 Å². The molecule has 0 aliphatic heterocycles. The Hall–Kier alpha value is -1.65. The van der Waals surface area contributed by atoms with E-state index in [2.05, 4.69) is 5.32 Å².